The molecule has 2 saturated heterocycles. The lowest BCUT2D eigenvalue weighted by Crippen LogP contribution is -2.60. The number of ether oxygens (including phenoxy) is 1. The molecule has 134 valence electrons. The van der Waals surface area contributed by atoms with Crippen molar-refractivity contribution in [1.29, 1.82) is 0 Å². The van der Waals surface area contributed by atoms with Gasteiger partial charge >= 0.3 is 0 Å². The molecule has 0 amide bonds. The van der Waals surface area contributed by atoms with Crippen molar-refractivity contribution in [3.05, 3.63) is 18.0 Å². The van der Waals surface area contributed by atoms with Crippen LogP contribution in [0.15, 0.2) is 21.8 Å². The van der Waals surface area contributed by atoms with Gasteiger partial charge in [-0.1, -0.05) is 5.16 Å². The Morgan fingerprint density at radius 3 is 2.96 bits per heavy atom. The van der Waals surface area contributed by atoms with Crippen molar-refractivity contribution in [3.8, 4) is 0 Å². The average molecular weight is 353 g/mol. The van der Waals surface area contributed by atoms with E-state index in [4.69, 9.17) is 9.26 Å². The SMILES string of the molecule is CN=C(NCC1(N2CCOCC2)CCSC1)N(C)Cc1ccon1. The van der Waals surface area contributed by atoms with E-state index in [-0.39, 0.29) is 5.54 Å². The molecule has 2 fully saturated rings. The summed E-state index contributed by atoms with van der Waals surface area (Å²) >= 11 is 2.05. The minimum absolute atomic E-state index is 0.207. The second-order valence-electron chi connectivity index (χ2n) is 6.37. The summed E-state index contributed by atoms with van der Waals surface area (Å²) in [6.07, 6.45) is 2.82. The number of aliphatic imine (C=N–C) groups is 1. The second-order valence-corrected chi connectivity index (χ2v) is 7.48. The van der Waals surface area contributed by atoms with Gasteiger partial charge in [-0.05, 0) is 12.2 Å². The highest BCUT2D eigenvalue weighted by atomic mass is 32.2. The minimum Gasteiger partial charge on any atom is -0.379 e. The van der Waals surface area contributed by atoms with Crippen LogP contribution in [-0.4, -0.2) is 84.9 Å². The van der Waals surface area contributed by atoms with Crippen LogP contribution < -0.4 is 5.32 Å². The van der Waals surface area contributed by atoms with E-state index in [1.54, 1.807) is 6.26 Å². The number of nitrogens with one attached hydrogen (secondary N) is 1. The van der Waals surface area contributed by atoms with Gasteiger partial charge in [-0.25, -0.2) is 0 Å². The number of hydrogen-bond acceptors (Lipinski definition) is 6. The Morgan fingerprint density at radius 2 is 2.33 bits per heavy atom. The van der Waals surface area contributed by atoms with Crippen LogP contribution in [-0.2, 0) is 11.3 Å². The first-order valence-corrected chi connectivity index (χ1v) is 9.60. The number of aromatic nitrogens is 1. The van der Waals surface area contributed by atoms with E-state index in [1.807, 2.05) is 31.9 Å². The molecule has 0 aromatic carbocycles. The molecule has 24 heavy (non-hydrogen) atoms. The van der Waals surface area contributed by atoms with Crippen molar-refractivity contribution in [1.82, 2.24) is 20.3 Å². The molecule has 7 nitrogen and oxygen atoms in total. The highest BCUT2D eigenvalue weighted by molar-refractivity contribution is 7.99. The average Bonchev–Trinajstić information content (AvgIpc) is 3.29. The van der Waals surface area contributed by atoms with Crippen molar-refractivity contribution >= 4 is 17.7 Å². The van der Waals surface area contributed by atoms with E-state index >= 15 is 0 Å². The van der Waals surface area contributed by atoms with Crippen molar-refractivity contribution in [2.45, 2.75) is 18.5 Å². The zero-order valence-electron chi connectivity index (χ0n) is 14.5. The summed E-state index contributed by atoms with van der Waals surface area (Å²) < 4.78 is 10.4. The van der Waals surface area contributed by atoms with E-state index in [0.717, 1.165) is 44.5 Å². The molecular formula is C16H27N5O2S. The summed E-state index contributed by atoms with van der Waals surface area (Å²) in [4.78, 5) is 9.11. The van der Waals surface area contributed by atoms with Gasteiger partial charge in [0.25, 0.3) is 0 Å². The van der Waals surface area contributed by atoms with Crippen molar-refractivity contribution in [2.75, 3.05) is 58.4 Å². The first kappa shape index (κ1) is 17.6. The lowest BCUT2D eigenvalue weighted by Gasteiger charge is -2.43. The summed E-state index contributed by atoms with van der Waals surface area (Å²) in [6.45, 7) is 5.32. The lowest BCUT2D eigenvalue weighted by atomic mass is 9.95. The fraction of sp³-hybridized carbons (Fsp3) is 0.750. The first-order chi connectivity index (χ1) is 11.7. The molecule has 0 bridgehead atoms. The summed E-state index contributed by atoms with van der Waals surface area (Å²) in [7, 11) is 3.85. The zero-order chi connectivity index (χ0) is 16.8. The highest BCUT2D eigenvalue weighted by Gasteiger charge is 2.40. The number of morpholine rings is 1. The van der Waals surface area contributed by atoms with Crippen molar-refractivity contribution in [3.63, 3.8) is 0 Å². The van der Waals surface area contributed by atoms with Crippen molar-refractivity contribution < 1.29 is 9.26 Å². The summed E-state index contributed by atoms with van der Waals surface area (Å²) in [5.74, 6) is 3.29. The number of thioether (sulfide) groups is 1. The van der Waals surface area contributed by atoms with Crippen LogP contribution in [0.5, 0.6) is 0 Å². The smallest absolute Gasteiger partial charge is 0.193 e. The Morgan fingerprint density at radius 1 is 1.50 bits per heavy atom. The molecule has 1 aromatic rings. The fourth-order valence-electron chi connectivity index (χ4n) is 3.40. The molecular weight excluding hydrogens is 326 g/mol. The molecule has 2 aliphatic heterocycles. The van der Waals surface area contributed by atoms with Crippen LogP contribution in [0.25, 0.3) is 0 Å². The molecule has 2 aliphatic rings. The molecule has 8 heteroatoms. The molecule has 3 rings (SSSR count). The van der Waals surface area contributed by atoms with Gasteiger partial charge in [0.1, 0.15) is 12.0 Å². The molecule has 1 aromatic heterocycles. The predicted octanol–water partition coefficient (Wildman–Crippen LogP) is 0.890. The van der Waals surface area contributed by atoms with Gasteiger partial charge in [0.05, 0.1) is 19.8 Å². The largest absolute Gasteiger partial charge is 0.379 e. The third-order valence-electron chi connectivity index (χ3n) is 4.80. The highest BCUT2D eigenvalue weighted by Crippen LogP contribution is 2.33. The van der Waals surface area contributed by atoms with Gasteiger partial charge in [-0.3, -0.25) is 9.89 Å². The molecule has 1 atom stereocenters. The molecule has 0 saturated carbocycles. The van der Waals surface area contributed by atoms with Crippen molar-refractivity contribution in [2.24, 2.45) is 4.99 Å². The summed E-state index contributed by atoms with van der Waals surface area (Å²) in [5, 5.41) is 7.56. The quantitative estimate of drug-likeness (QED) is 0.623. The molecule has 0 aliphatic carbocycles. The standard InChI is InChI=1S/C16H27N5O2S/c1-17-15(20(2)11-14-3-7-23-19-14)18-12-16(4-10-24-13-16)21-5-8-22-9-6-21/h3,7H,4-6,8-13H2,1-2H3,(H,17,18). The predicted molar refractivity (Wildman–Crippen MR) is 96.4 cm³/mol. The Hall–Kier alpha value is -1.25. The van der Waals surface area contributed by atoms with Gasteiger partial charge in [0.2, 0.25) is 0 Å². The minimum atomic E-state index is 0.207. The second kappa shape index (κ2) is 8.22. The monoisotopic (exact) mass is 353 g/mol. The van der Waals surface area contributed by atoms with Crippen LogP contribution in [0.1, 0.15) is 12.1 Å². The van der Waals surface area contributed by atoms with Crippen LogP contribution in [0.4, 0.5) is 0 Å². The molecule has 1 unspecified atom stereocenters. The number of rotatable bonds is 5. The molecule has 3 heterocycles. The lowest BCUT2D eigenvalue weighted by molar-refractivity contribution is -0.0121. The maximum Gasteiger partial charge on any atom is 0.193 e. The fourth-order valence-corrected chi connectivity index (χ4v) is 4.88. The summed E-state index contributed by atoms with van der Waals surface area (Å²) in [6, 6.07) is 1.88. The van der Waals surface area contributed by atoms with E-state index in [9.17, 15) is 0 Å². The van der Waals surface area contributed by atoms with Gasteiger partial charge in [0, 0.05) is 51.1 Å². The molecule has 1 N–H and O–H groups in total. The topological polar surface area (TPSA) is 66.1 Å². The summed E-state index contributed by atoms with van der Waals surface area (Å²) in [5.41, 5.74) is 1.11. The van der Waals surface area contributed by atoms with Crippen LogP contribution >= 0.6 is 11.8 Å². The Balaban J connectivity index is 1.60. The molecule has 0 radical (unpaired) electrons. The first-order valence-electron chi connectivity index (χ1n) is 8.45. The number of guanidine groups is 1. The Bertz CT molecular complexity index is 525. The normalized spacial score (nSPS) is 25.8. The van der Waals surface area contributed by atoms with Gasteiger partial charge in [-0.2, -0.15) is 11.8 Å². The Labute approximate surface area is 147 Å². The molecule has 0 spiro atoms. The van der Waals surface area contributed by atoms with E-state index in [1.165, 1.54) is 17.9 Å². The number of nitrogens with zero attached hydrogens (tertiary/aromatic N) is 4. The van der Waals surface area contributed by atoms with Crippen LogP contribution in [0, 0.1) is 0 Å². The van der Waals surface area contributed by atoms with Crippen LogP contribution in [0.3, 0.4) is 0 Å². The zero-order valence-corrected chi connectivity index (χ0v) is 15.3. The number of hydrogen-bond donors (Lipinski definition) is 1. The maximum absolute atomic E-state index is 5.53. The van der Waals surface area contributed by atoms with Gasteiger partial charge < -0.3 is 19.5 Å². The van der Waals surface area contributed by atoms with Gasteiger partial charge in [0.15, 0.2) is 5.96 Å². The third-order valence-corrected chi connectivity index (χ3v) is 6.04. The third kappa shape index (κ3) is 4.04. The van der Waals surface area contributed by atoms with E-state index in [0.29, 0.717) is 6.54 Å². The van der Waals surface area contributed by atoms with E-state index < -0.39 is 0 Å². The van der Waals surface area contributed by atoms with E-state index in [2.05, 4.69) is 25.3 Å². The maximum atomic E-state index is 5.53. The Kier molecular flexibility index (Phi) is 6.02. The van der Waals surface area contributed by atoms with Gasteiger partial charge in [-0.15, -0.1) is 0 Å². The van der Waals surface area contributed by atoms with Crippen LogP contribution in [0.2, 0.25) is 0 Å².